The summed E-state index contributed by atoms with van der Waals surface area (Å²) in [6, 6.07) is 17.5. The molecule has 2 aromatic heterocycles. The molecular weight excluding hydrogens is 400 g/mol. The number of nitrogens with zero attached hydrogens (tertiary/aromatic N) is 4. The number of rotatable bonds is 7. The van der Waals surface area contributed by atoms with Gasteiger partial charge in [-0.3, -0.25) is 14.4 Å². The Labute approximate surface area is 177 Å². The Bertz CT molecular complexity index is 1140. The molecule has 4 aromatic rings. The number of carbonyl (C=O) groups excluding carboxylic acids is 2. The number of esters is 1. The molecule has 30 heavy (non-hydrogen) atoms. The molecule has 0 bridgehead atoms. The van der Waals surface area contributed by atoms with E-state index in [9.17, 15) is 9.59 Å². The quantitative estimate of drug-likeness (QED) is 0.426. The maximum absolute atomic E-state index is 12.6. The molecule has 4 rings (SSSR count). The van der Waals surface area contributed by atoms with Crippen LogP contribution in [0.2, 0.25) is 0 Å². The average Bonchev–Trinajstić information content (AvgIpc) is 3.40. The Morgan fingerprint density at radius 1 is 1.10 bits per heavy atom. The van der Waals surface area contributed by atoms with Crippen molar-refractivity contribution < 1.29 is 14.3 Å². The number of ether oxygens (including phenoxy) is 1. The third-order valence-corrected chi connectivity index (χ3v) is 5.57. The normalized spacial score (nSPS) is 10.8. The van der Waals surface area contributed by atoms with E-state index in [1.54, 1.807) is 10.9 Å². The van der Waals surface area contributed by atoms with Gasteiger partial charge < -0.3 is 4.74 Å². The molecule has 0 aliphatic heterocycles. The van der Waals surface area contributed by atoms with Gasteiger partial charge in [0.05, 0.1) is 28.5 Å². The standard InChI is InChI=1S/C22H20N4O3S/c1-2-26(22-24-18-10-6-7-11-19(18)30-22)20(27)15-29-21(28)17-12-23-25(14-17)13-16-8-4-3-5-9-16/h3-12,14H,2,13,15H2,1H3. The van der Waals surface area contributed by atoms with Gasteiger partial charge in [-0.2, -0.15) is 5.10 Å². The van der Waals surface area contributed by atoms with Crippen LogP contribution in [0.3, 0.4) is 0 Å². The van der Waals surface area contributed by atoms with Crippen LogP contribution in [0, 0.1) is 0 Å². The first kappa shape index (κ1) is 19.8. The number of thiazole rings is 1. The minimum absolute atomic E-state index is 0.307. The van der Waals surface area contributed by atoms with E-state index in [4.69, 9.17) is 4.74 Å². The smallest absolute Gasteiger partial charge is 0.341 e. The second-order valence-corrected chi connectivity index (χ2v) is 7.60. The fourth-order valence-corrected chi connectivity index (χ4v) is 4.05. The highest BCUT2D eigenvalue weighted by atomic mass is 32.1. The van der Waals surface area contributed by atoms with Crippen molar-refractivity contribution in [3.05, 3.63) is 78.1 Å². The Morgan fingerprint density at radius 3 is 2.63 bits per heavy atom. The van der Waals surface area contributed by atoms with Crippen molar-refractivity contribution in [3.8, 4) is 0 Å². The van der Waals surface area contributed by atoms with Gasteiger partial charge in [0, 0.05) is 12.7 Å². The Balaban J connectivity index is 1.37. The number of fused-ring (bicyclic) bond motifs is 1. The highest BCUT2D eigenvalue weighted by molar-refractivity contribution is 7.22. The minimum atomic E-state index is -0.581. The molecule has 152 valence electrons. The van der Waals surface area contributed by atoms with Crippen LogP contribution >= 0.6 is 11.3 Å². The molecule has 0 saturated carbocycles. The van der Waals surface area contributed by atoms with E-state index in [0.29, 0.717) is 23.8 Å². The van der Waals surface area contributed by atoms with Crippen molar-refractivity contribution in [3.63, 3.8) is 0 Å². The summed E-state index contributed by atoms with van der Waals surface area (Å²) in [6.45, 7) is 2.49. The average molecular weight is 420 g/mol. The number of aromatic nitrogens is 3. The number of para-hydroxylation sites is 1. The van der Waals surface area contributed by atoms with Crippen LogP contribution in [0.5, 0.6) is 0 Å². The van der Waals surface area contributed by atoms with Crippen LogP contribution in [0.1, 0.15) is 22.8 Å². The fourth-order valence-electron chi connectivity index (χ4n) is 3.01. The molecule has 0 atom stereocenters. The van der Waals surface area contributed by atoms with Crippen molar-refractivity contribution in [2.45, 2.75) is 13.5 Å². The molecule has 0 aliphatic carbocycles. The summed E-state index contributed by atoms with van der Waals surface area (Å²) in [4.78, 5) is 31.0. The number of benzene rings is 2. The molecule has 2 aromatic carbocycles. The molecule has 0 radical (unpaired) electrons. The van der Waals surface area contributed by atoms with E-state index in [-0.39, 0.29) is 12.5 Å². The zero-order chi connectivity index (χ0) is 20.9. The number of carbonyl (C=O) groups is 2. The topological polar surface area (TPSA) is 77.3 Å². The first-order chi connectivity index (χ1) is 14.6. The Morgan fingerprint density at radius 2 is 1.87 bits per heavy atom. The van der Waals surface area contributed by atoms with Gasteiger partial charge in [-0.15, -0.1) is 0 Å². The summed E-state index contributed by atoms with van der Waals surface area (Å²) < 4.78 is 7.89. The van der Waals surface area contributed by atoms with E-state index < -0.39 is 5.97 Å². The van der Waals surface area contributed by atoms with Crippen molar-refractivity contribution in [1.29, 1.82) is 0 Å². The van der Waals surface area contributed by atoms with Gasteiger partial charge in [-0.1, -0.05) is 53.8 Å². The van der Waals surface area contributed by atoms with Crippen molar-refractivity contribution in [2.75, 3.05) is 18.1 Å². The van der Waals surface area contributed by atoms with Crippen molar-refractivity contribution >= 4 is 38.6 Å². The highest BCUT2D eigenvalue weighted by Crippen LogP contribution is 2.28. The fraction of sp³-hybridized carbons (Fsp3) is 0.182. The molecule has 8 heteroatoms. The summed E-state index contributed by atoms with van der Waals surface area (Å²) in [6.07, 6.45) is 3.06. The van der Waals surface area contributed by atoms with Crippen LogP contribution in [0.25, 0.3) is 10.2 Å². The second kappa shape index (κ2) is 8.87. The molecule has 0 spiro atoms. The number of anilines is 1. The molecule has 0 fully saturated rings. The van der Waals surface area contributed by atoms with Gasteiger partial charge in [0.2, 0.25) is 0 Å². The summed E-state index contributed by atoms with van der Waals surface area (Å²) >= 11 is 1.43. The molecule has 0 saturated heterocycles. The predicted octanol–water partition coefficient (Wildman–Crippen LogP) is 3.75. The first-order valence-corrected chi connectivity index (χ1v) is 10.3. The third kappa shape index (κ3) is 4.38. The number of hydrogen-bond acceptors (Lipinski definition) is 6. The van der Waals surface area contributed by atoms with Crippen LogP contribution in [-0.2, 0) is 16.1 Å². The molecule has 0 N–H and O–H groups in total. The second-order valence-electron chi connectivity index (χ2n) is 6.59. The summed E-state index contributed by atoms with van der Waals surface area (Å²) in [5.41, 5.74) is 2.22. The number of hydrogen-bond donors (Lipinski definition) is 0. The van der Waals surface area contributed by atoms with Gasteiger partial charge in [0.25, 0.3) is 5.91 Å². The zero-order valence-electron chi connectivity index (χ0n) is 16.4. The SMILES string of the molecule is CCN(C(=O)COC(=O)c1cnn(Cc2ccccc2)c1)c1nc2ccccc2s1. The van der Waals surface area contributed by atoms with Gasteiger partial charge in [-0.25, -0.2) is 9.78 Å². The Hall–Kier alpha value is -3.52. The lowest BCUT2D eigenvalue weighted by Gasteiger charge is -2.17. The molecule has 1 amide bonds. The monoisotopic (exact) mass is 420 g/mol. The predicted molar refractivity (Wildman–Crippen MR) is 116 cm³/mol. The first-order valence-electron chi connectivity index (χ1n) is 9.53. The largest absolute Gasteiger partial charge is 0.452 e. The van der Waals surface area contributed by atoms with E-state index in [1.165, 1.54) is 22.4 Å². The number of amides is 1. The number of likely N-dealkylation sites (N-methyl/N-ethyl adjacent to an activating group) is 1. The van der Waals surface area contributed by atoms with Gasteiger partial charge >= 0.3 is 5.97 Å². The molecule has 2 heterocycles. The highest BCUT2D eigenvalue weighted by Gasteiger charge is 2.20. The van der Waals surface area contributed by atoms with E-state index in [0.717, 1.165) is 15.8 Å². The third-order valence-electron chi connectivity index (χ3n) is 4.51. The van der Waals surface area contributed by atoms with E-state index >= 15 is 0 Å². The minimum Gasteiger partial charge on any atom is -0.452 e. The zero-order valence-corrected chi connectivity index (χ0v) is 17.2. The lowest BCUT2D eigenvalue weighted by Crippen LogP contribution is -2.34. The summed E-state index contributed by atoms with van der Waals surface area (Å²) in [7, 11) is 0. The Kier molecular flexibility index (Phi) is 5.85. The van der Waals surface area contributed by atoms with Crippen LogP contribution in [0.4, 0.5) is 5.13 Å². The molecule has 7 nitrogen and oxygen atoms in total. The maximum atomic E-state index is 12.6. The molecule has 0 unspecified atom stereocenters. The lowest BCUT2D eigenvalue weighted by molar-refractivity contribution is -0.121. The van der Waals surface area contributed by atoms with Crippen LogP contribution < -0.4 is 4.90 Å². The van der Waals surface area contributed by atoms with Crippen LogP contribution in [0.15, 0.2) is 67.0 Å². The van der Waals surface area contributed by atoms with Gasteiger partial charge in [-0.05, 0) is 24.6 Å². The maximum Gasteiger partial charge on any atom is 0.341 e. The summed E-state index contributed by atoms with van der Waals surface area (Å²) in [5.74, 6) is -0.899. The van der Waals surface area contributed by atoms with Gasteiger partial charge in [0.15, 0.2) is 11.7 Å². The molecular formula is C22H20N4O3S. The van der Waals surface area contributed by atoms with E-state index in [2.05, 4.69) is 10.1 Å². The van der Waals surface area contributed by atoms with Crippen molar-refractivity contribution in [1.82, 2.24) is 14.8 Å². The summed E-state index contributed by atoms with van der Waals surface area (Å²) in [5, 5.41) is 4.79. The molecule has 0 aliphatic rings. The van der Waals surface area contributed by atoms with Gasteiger partial charge in [0.1, 0.15) is 0 Å². The van der Waals surface area contributed by atoms with Crippen LogP contribution in [-0.4, -0.2) is 39.8 Å². The van der Waals surface area contributed by atoms with Crippen molar-refractivity contribution in [2.24, 2.45) is 0 Å². The lowest BCUT2D eigenvalue weighted by atomic mass is 10.2. The van der Waals surface area contributed by atoms with E-state index in [1.807, 2.05) is 61.5 Å².